The normalized spacial score (nSPS) is 14.5. The quantitative estimate of drug-likeness (QED) is 0.0208. The molecule has 0 aliphatic carbocycles. The minimum absolute atomic E-state index is 0.0170. The molecule has 0 aromatic heterocycles. The van der Waals surface area contributed by atoms with Crippen LogP contribution in [-0.4, -0.2) is 70.7 Å². The fourth-order valence-electron chi connectivity index (χ4n) is 4.93. The van der Waals surface area contributed by atoms with Crippen LogP contribution in [0.3, 0.4) is 0 Å². The van der Waals surface area contributed by atoms with Crippen molar-refractivity contribution in [2.24, 2.45) is 0 Å². The van der Waals surface area contributed by atoms with Gasteiger partial charge in [0, 0.05) is 13.0 Å². The van der Waals surface area contributed by atoms with Crippen molar-refractivity contribution in [3.8, 4) is 0 Å². The first-order valence-corrected chi connectivity index (χ1v) is 21.5. The molecule has 51 heavy (non-hydrogen) atoms. The van der Waals surface area contributed by atoms with Gasteiger partial charge in [0.25, 0.3) is 7.82 Å². The highest BCUT2D eigenvalue weighted by Crippen LogP contribution is 2.38. The number of allylic oxidation sites excluding steroid dienone is 10. The molecule has 296 valence electrons. The molecule has 8 nitrogen and oxygen atoms in total. The maximum Gasteiger partial charge on any atom is 0.306 e. The minimum atomic E-state index is -4.53. The Morgan fingerprint density at radius 1 is 0.627 bits per heavy atom. The number of hydrogen-bond donors (Lipinski definition) is 0. The fourth-order valence-corrected chi connectivity index (χ4v) is 5.66. The summed E-state index contributed by atoms with van der Waals surface area (Å²) >= 11 is 0. The van der Waals surface area contributed by atoms with E-state index in [0.717, 1.165) is 77.0 Å². The number of likely N-dealkylation sites (N-methyl/N-ethyl adjacent to an activating group) is 1. The van der Waals surface area contributed by atoms with Gasteiger partial charge in [-0.3, -0.25) is 9.36 Å². The summed E-state index contributed by atoms with van der Waals surface area (Å²) in [6.45, 7) is 5.19. The summed E-state index contributed by atoms with van der Waals surface area (Å²) < 4.78 is 34.4. The zero-order chi connectivity index (χ0) is 37.7. The summed E-state index contributed by atoms with van der Waals surface area (Å²) in [6.07, 6.45) is 42.3. The Morgan fingerprint density at radius 2 is 1.14 bits per heavy atom. The third kappa shape index (κ3) is 39.2. The average Bonchev–Trinajstić information content (AvgIpc) is 3.08. The summed E-state index contributed by atoms with van der Waals surface area (Å²) in [5.74, 6) is -0.363. The molecule has 0 saturated heterocycles. The Labute approximate surface area is 313 Å². The second-order valence-corrected chi connectivity index (χ2v) is 15.7. The van der Waals surface area contributed by atoms with Gasteiger partial charge in [-0.15, -0.1) is 0 Å². The van der Waals surface area contributed by atoms with Crippen molar-refractivity contribution in [2.75, 3.05) is 54.1 Å². The van der Waals surface area contributed by atoms with Crippen molar-refractivity contribution in [3.05, 3.63) is 60.8 Å². The number of ether oxygens (including phenoxy) is 2. The Balaban J connectivity index is 4.35. The number of phosphoric acid groups is 1. The van der Waals surface area contributed by atoms with E-state index in [1.807, 2.05) is 21.1 Å². The van der Waals surface area contributed by atoms with E-state index in [2.05, 4.69) is 74.6 Å². The number of quaternary nitrogens is 1. The van der Waals surface area contributed by atoms with Crippen LogP contribution in [0.2, 0.25) is 0 Å². The van der Waals surface area contributed by atoms with E-state index in [1.54, 1.807) is 0 Å². The molecular formula is C42H76NO7P. The zero-order valence-electron chi connectivity index (χ0n) is 33.3. The molecule has 0 radical (unpaired) electrons. The lowest BCUT2D eigenvalue weighted by atomic mass is 10.1. The summed E-state index contributed by atoms with van der Waals surface area (Å²) in [4.78, 5) is 25.0. The van der Waals surface area contributed by atoms with Gasteiger partial charge in [-0.1, -0.05) is 126 Å². The van der Waals surface area contributed by atoms with Gasteiger partial charge in [0.05, 0.1) is 34.4 Å². The van der Waals surface area contributed by atoms with E-state index < -0.39 is 13.9 Å². The van der Waals surface area contributed by atoms with E-state index in [1.165, 1.54) is 44.9 Å². The van der Waals surface area contributed by atoms with Gasteiger partial charge >= 0.3 is 5.97 Å². The molecule has 0 fully saturated rings. The summed E-state index contributed by atoms with van der Waals surface area (Å²) in [7, 11) is 1.32. The molecule has 0 N–H and O–H groups in total. The van der Waals surface area contributed by atoms with Crippen LogP contribution in [0.15, 0.2) is 60.8 Å². The summed E-state index contributed by atoms with van der Waals surface area (Å²) in [6, 6.07) is 0. The summed E-state index contributed by atoms with van der Waals surface area (Å²) in [5.41, 5.74) is 0. The van der Waals surface area contributed by atoms with E-state index in [-0.39, 0.29) is 32.2 Å². The van der Waals surface area contributed by atoms with Crippen LogP contribution in [0, 0.1) is 0 Å². The highest BCUT2D eigenvalue weighted by atomic mass is 31.2. The lowest BCUT2D eigenvalue weighted by Gasteiger charge is -2.28. The predicted octanol–water partition coefficient (Wildman–Crippen LogP) is 10.7. The second kappa shape index (κ2) is 35.2. The number of nitrogens with zero attached hydrogens (tertiary/aromatic N) is 1. The Hall–Kier alpha value is -1.80. The molecule has 9 heteroatoms. The van der Waals surface area contributed by atoms with Gasteiger partial charge in [0.15, 0.2) is 0 Å². The number of rotatable bonds is 36. The standard InChI is InChI=1S/C42H76NO7P/c1-6-8-10-12-14-16-18-20-21-22-23-24-25-27-29-31-33-35-42(44)50-41(40-49-51(45,46)48-38-36-43(3,4)5)39-47-37-34-32-30-28-26-19-17-15-13-11-9-7-2/h8,10,13-16,20-21,23-24,41H,6-7,9,11-12,17-19,22,25-40H2,1-5H3/b10-8-,15-13-,16-14-,21-20-,24-23-. The number of hydrogen-bond acceptors (Lipinski definition) is 7. The molecule has 0 saturated carbocycles. The van der Waals surface area contributed by atoms with Crippen molar-refractivity contribution >= 4 is 13.8 Å². The van der Waals surface area contributed by atoms with Crippen LogP contribution in [0.5, 0.6) is 0 Å². The molecule has 0 aliphatic heterocycles. The fraction of sp³-hybridized carbons (Fsp3) is 0.738. The molecule has 0 aromatic rings. The van der Waals surface area contributed by atoms with Gasteiger partial charge < -0.3 is 27.9 Å². The van der Waals surface area contributed by atoms with Crippen LogP contribution in [0.1, 0.15) is 142 Å². The van der Waals surface area contributed by atoms with Crippen molar-refractivity contribution in [2.45, 2.75) is 148 Å². The molecule has 0 aliphatic rings. The number of carbonyl (C=O) groups is 1. The molecule has 0 rings (SSSR count). The predicted molar refractivity (Wildman–Crippen MR) is 212 cm³/mol. The number of phosphoric ester groups is 1. The van der Waals surface area contributed by atoms with E-state index in [9.17, 15) is 14.3 Å². The Morgan fingerprint density at radius 3 is 1.73 bits per heavy atom. The van der Waals surface area contributed by atoms with Gasteiger partial charge in [0.2, 0.25) is 0 Å². The number of carbonyl (C=O) groups excluding carboxylic acids is 1. The lowest BCUT2D eigenvalue weighted by molar-refractivity contribution is -0.870. The molecule has 2 atom stereocenters. The smallest absolute Gasteiger partial charge is 0.306 e. The van der Waals surface area contributed by atoms with E-state index >= 15 is 0 Å². The Bertz CT molecular complexity index is 1000. The SMILES string of the molecule is CC/C=C\C/C=C\C/C=C\C/C=C\CCCCCCC(=O)OC(COCCCCCCCC/C=C\CCCC)COP(=O)([O-])OCC[N+](C)(C)C. The van der Waals surface area contributed by atoms with Gasteiger partial charge in [-0.25, -0.2) is 0 Å². The zero-order valence-corrected chi connectivity index (χ0v) is 34.2. The third-order valence-electron chi connectivity index (χ3n) is 8.05. The third-order valence-corrected chi connectivity index (χ3v) is 9.02. The first kappa shape index (κ1) is 49.2. The van der Waals surface area contributed by atoms with Crippen LogP contribution < -0.4 is 4.89 Å². The average molecular weight is 738 g/mol. The number of unbranched alkanes of at least 4 members (excludes halogenated alkanes) is 12. The van der Waals surface area contributed by atoms with Crippen molar-refractivity contribution in [3.63, 3.8) is 0 Å². The van der Waals surface area contributed by atoms with Gasteiger partial charge in [0.1, 0.15) is 19.3 Å². The van der Waals surface area contributed by atoms with Crippen molar-refractivity contribution < 1.29 is 37.3 Å². The summed E-state index contributed by atoms with van der Waals surface area (Å²) in [5, 5.41) is 0. The van der Waals surface area contributed by atoms with Crippen molar-refractivity contribution in [1.82, 2.24) is 0 Å². The molecule has 2 unspecified atom stereocenters. The monoisotopic (exact) mass is 738 g/mol. The van der Waals surface area contributed by atoms with E-state index in [0.29, 0.717) is 17.6 Å². The number of esters is 1. The molecule has 0 spiro atoms. The topological polar surface area (TPSA) is 94.1 Å². The van der Waals surface area contributed by atoms with Gasteiger partial charge in [-0.2, -0.15) is 0 Å². The highest BCUT2D eigenvalue weighted by molar-refractivity contribution is 7.45. The molecule has 0 aromatic carbocycles. The first-order valence-electron chi connectivity index (χ1n) is 20.0. The van der Waals surface area contributed by atoms with Gasteiger partial charge in [-0.05, 0) is 70.6 Å². The van der Waals surface area contributed by atoms with Crippen molar-refractivity contribution in [1.29, 1.82) is 0 Å². The van der Waals surface area contributed by atoms with Crippen LogP contribution in [0.25, 0.3) is 0 Å². The van der Waals surface area contributed by atoms with Crippen LogP contribution in [0.4, 0.5) is 0 Å². The maximum atomic E-state index is 12.6. The maximum absolute atomic E-state index is 12.6. The van der Waals surface area contributed by atoms with E-state index in [4.69, 9.17) is 18.5 Å². The Kier molecular flexibility index (Phi) is 34.0. The second-order valence-electron chi connectivity index (χ2n) is 14.3. The van der Waals surface area contributed by atoms with Crippen LogP contribution in [-0.2, 0) is 27.9 Å². The lowest BCUT2D eigenvalue weighted by Crippen LogP contribution is -2.37. The molecule has 0 bridgehead atoms. The largest absolute Gasteiger partial charge is 0.756 e. The molecule has 0 heterocycles. The molecule has 0 amide bonds. The molecular weight excluding hydrogens is 661 g/mol. The van der Waals surface area contributed by atoms with Crippen LogP contribution >= 0.6 is 7.82 Å². The minimum Gasteiger partial charge on any atom is -0.756 e. The highest BCUT2D eigenvalue weighted by Gasteiger charge is 2.20. The first-order chi connectivity index (χ1) is 24.6.